The Morgan fingerprint density at radius 1 is 0.767 bits per heavy atom. The van der Waals surface area contributed by atoms with Gasteiger partial charge in [0.2, 0.25) is 0 Å². The molecule has 0 radical (unpaired) electrons. The normalized spacial score (nSPS) is 13.2. The molecule has 0 aromatic heterocycles. The second-order valence-corrected chi connectivity index (χ2v) is 8.42. The highest BCUT2D eigenvalue weighted by Gasteiger charge is 2.33. The maximum absolute atomic E-state index is 13.3. The molecule has 0 aliphatic heterocycles. The molecule has 0 heterocycles. The third-order valence-corrected chi connectivity index (χ3v) is 4.62. The van der Waals surface area contributed by atoms with Gasteiger partial charge in [0.25, 0.3) is 0 Å². The van der Waals surface area contributed by atoms with Crippen molar-refractivity contribution < 1.29 is 9.53 Å². The Balaban J connectivity index is 2.01. The number of benzene rings is 3. The van der Waals surface area contributed by atoms with Gasteiger partial charge in [-0.15, -0.1) is 0 Å². The maximum Gasteiger partial charge on any atom is 0.331 e. The lowest BCUT2D eigenvalue weighted by Crippen LogP contribution is -2.43. The number of para-hydroxylation sites is 2. The van der Waals surface area contributed by atoms with Crippen LogP contribution in [0.5, 0.6) is 0 Å². The van der Waals surface area contributed by atoms with Gasteiger partial charge in [0.1, 0.15) is 11.6 Å². The second-order valence-electron chi connectivity index (χ2n) is 8.42. The van der Waals surface area contributed by atoms with Crippen molar-refractivity contribution in [2.45, 2.75) is 45.4 Å². The van der Waals surface area contributed by atoms with Gasteiger partial charge >= 0.3 is 5.97 Å². The molecule has 0 bridgehead atoms. The lowest BCUT2D eigenvalue weighted by molar-refractivity contribution is -0.156. The molecular weight excluding hydrogens is 372 g/mol. The number of nitrogens with one attached hydrogen (secondary N) is 2. The first-order valence-electron chi connectivity index (χ1n) is 10.2. The Bertz CT molecular complexity index is 932. The Hall–Kier alpha value is -3.27. The minimum atomic E-state index is -0.630. The SMILES string of the molecule is Cc1ccc([C@H](Nc2ccccc2)[C@H](Nc2ccccc2)C(=O)OC(C)(C)C)cc1. The van der Waals surface area contributed by atoms with Crippen molar-refractivity contribution in [3.05, 3.63) is 96.1 Å². The van der Waals surface area contributed by atoms with Gasteiger partial charge in [-0.05, 0) is 57.5 Å². The van der Waals surface area contributed by atoms with E-state index >= 15 is 0 Å². The number of carbonyl (C=O) groups excluding carboxylic acids is 1. The van der Waals surface area contributed by atoms with Gasteiger partial charge in [0.05, 0.1) is 6.04 Å². The summed E-state index contributed by atoms with van der Waals surface area (Å²) in [6.45, 7) is 7.71. The second kappa shape index (κ2) is 9.49. The summed E-state index contributed by atoms with van der Waals surface area (Å²) in [5, 5.41) is 6.94. The van der Waals surface area contributed by atoms with E-state index in [0.717, 1.165) is 16.9 Å². The van der Waals surface area contributed by atoms with Crippen LogP contribution in [0.25, 0.3) is 0 Å². The van der Waals surface area contributed by atoms with Crippen LogP contribution >= 0.6 is 0 Å². The van der Waals surface area contributed by atoms with E-state index in [1.54, 1.807) is 0 Å². The van der Waals surface area contributed by atoms with Crippen LogP contribution in [0.1, 0.15) is 37.9 Å². The molecule has 30 heavy (non-hydrogen) atoms. The molecule has 0 fully saturated rings. The molecule has 4 nitrogen and oxygen atoms in total. The van der Waals surface area contributed by atoms with E-state index in [4.69, 9.17) is 4.74 Å². The summed E-state index contributed by atoms with van der Waals surface area (Å²) < 4.78 is 5.79. The highest BCUT2D eigenvalue weighted by molar-refractivity contribution is 5.82. The van der Waals surface area contributed by atoms with E-state index in [1.807, 2.05) is 81.4 Å². The van der Waals surface area contributed by atoms with E-state index in [1.165, 1.54) is 5.56 Å². The average Bonchev–Trinajstić information content (AvgIpc) is 2.71. The summed E-state index contributed by atoms with van der Waals surface area (Å²) in [5.74, 6) is -0.305. The molecule has 3 aromatic carbocycles. The molecule has 156 valence electrons. The Morgan fingerprint density at radius 3 is 1.77 bits per heavy atom. The summed E-state index contributed by atoms with van der Waals surface area (Å²) in [6, 6.07) is 26.9. The Kier molecular flexibility index (Phi) is 6.78. The molecule has 0 spiro atoms. The standard InChI is InChI=1S/C26H30N2O2/c1-19-15-17-20(18-16-19)23(27-21-11-7-5-8-12-21)24(25(29)30-26(2,3)4)28-22-13-9-6-10-14-22/h5-18,23-24,27-28H,1-4H3/t23-,24-/m0/s1. The van der Waals surface area contributed by atoms with Gasteiger partial charge < -0.3 is 15.4 Å². The smallest absolute Gasteiger partial charge is 0.331 e. The zero-order valence-electron chi connectivity index (χ0n) is 18.1. The van der Waals surface area contributed by atoms with Crippen LogP contribution in [-0.2, 0) is 9.53 Å². The van der Waals surface area contributed by atoms with E-state index in [-0.39, 0.29) is 12.0 Å². The molecule has 0 saturated carbocycles. The van der Waals surface area contributed by atoms with Crippen molar-refractivity contribution in [3.8, 4) is 0 Å². The topological polar surface area (TPSA) is 50.4 Å². The van der Waals surface area contributed by atoms with Gasteiger partial charge in [0.15, 0.2) is 0 Å². The zero-order chi connectivity index (χ0) is 21.6. The summed E-state index contributed by atoms with van der Waals surface area (Å²) in [4.78, 5) is 13.3. The summed E-state index contributed by atoms with van der Waals surface area (Å²) in [7, 11) is 0. The number of rotatable bonds is 7. The number of hydrogen-bond donors (Lipinski definition) is 2. The third-order valence-electron chi connectivity index (χ3n) is 4.62. The fraction of sp³-hybridized carbons (Fsp3) is 0.269. The summed E-state index contributed by atoms with van der Waals surface area (Å²) >= 11 is 0. The minimum Gasteiger partial charge on any atom is -0.458 e. The largest absolute Gasteiger partial charge is 0.458 e. The van der Waals surface area contributed by atoms with Crippen LogP contribution in [0.15, 0.2) is 84.9 Å². The first kappa shape index (κ1) is 21.4. The van der Waals surface area contributed by atoms with Crippen molar-refractivity contribution in [3.63, 3.8) is 0 Å². The number of carbonyl (C=O) groups is 1. The fourth-order valence-corrected chi connectivity index (χ4v) is 3.20. The summed E-state index contributed by atoms with van der Waals surface area (Å²) in [6.07, 6.45) is 0. The monoisotopic (exact) mass is 402 g/mol. The molecule has 0 aliphatic rings. The quantitative estimate of drug-likeness (QED) is 0.478. The van der Waals surface area contributed by atoms with Crippen LogP contribution in [0, 0.1) is 6.92 Å². The van der Waals surface area contributed by atoms with Crippen molar-refractivity contribution in [1.82, 2.24) is 0 Å². The lowest BCUT2D eigenvalue weighted by atomic mass is 9.97. The van der Waals surface area contributed by atoms with Crippen LogP contribution in [-0.4, -0.2) is 17.6 Å². The molecule has 0 amide bonds. The number of anilines is 2. The first-order chi connectivity index (χ1) is 14.3. The van der Waals surface area contributed by atoms with Crippen LogP contribution in [0.3, 0.4) is 0 Å². The zero-order valence-corrected chi connectivity index (χ0v) is 18.1. The molecule has 0 aliphatic carbocycles. The summed E-state index contributed by atoms with van der Waals surface area (Å²) in [5.41, 5.74) is 3.38. The fourth-order valence-electron chi connectivity index (χ4n) is 3.20. The van der Waals surface area contributed by atoms with E-state index in [0.29, 0.717) is 0 Å². The van der Waals surface area contributed by atoms with Crippen molar-refractivity contribution >= 4 is 17.3 Å². The average molecular weight is 403 g/mol. The van der Waals surface area contributed by atoms with Crippen LogP contribution < -0.4 is 10.6 Å². The Morgan fingerprint density at radius 2 is 1.27 bits per heavy atom. The molecule has 2 atom stereocenters. The molecule has 0 saturated heterocycles. The van der Waals surface area contributed by atoms with Crippen molar-refractivity contribution in [1.29, 1.82) is 0 Å². The van der Waals surface area contributed by atoms with Crippen LogP contribution in [0.4, 0.5) is 11.4 Å². The van der Waals surface area contributed by atoms with E-state index in [2.05, 4.69) is 41.8 Å². The third kappa shape index (κ3) is 6.11. The molecule has 0 unspecified atom stereocenters. The Labute approximate surface area is 179 Å². The number of ether oxygens (including phenoxy) is 1. The predicted molar refractivity (Wildman–Crippen MR) is 124 cm³/mol. The molecule has 4 heteroatoms. The highest BCUT2D eigenvalue weighted by Crippen LogP contribution is 2.27. The maximum atomic E-state index is 13.3. The first-order valence-corrected chi connectivity index (χ1v) is 10.2. The molecule has 3 aromatic rings. The van der Waals surface area contributed by atoms with E-state index in [9.17, 15) is 4.79 Å². The number of hydrogen-bond acceptors (Lipinski definition) is 4. The van der Waals surface area contributed by atoms with Gasteiger partial charge in [-0.25, -0.2) is 4.79 Å². The van der Waals surface area contributed by atoms with Gasteiger partial charge in [-0.3, -0.25) is 0 Å². The predicted octanol–water partition coefficient (Wildman–Crippen LogP) is 5.97. The van der Waals surface area contributed by atoms with Gasteiger partial charge in [-0.2, -0.15) is 0 Å². The number of esters is 1. The lowest BCUT2D eigenvalue weighted by Gasteiger charge is -2.32. The van der Waals surface area contributed by atoms with Crippen LogP contribution in [0.2, 0.25) is 0 Å². The van der Waals surface area contributed by atoms with Gasteiger partial charge in [-0.1, -0.05) is 66.2 Å². The van der Waals surface area contributed by atoms with Gasteiger partial charge in [0, 0.05) is 11.4 Å². The highest BCUT2D eigenvalue weighted by atomic mass is 16.6. The minimum absolute atomic E-state index is 0.305. The van der Waals surface area contributed by atoms with E-state index < -0.39 is 11.6 Å². The van der Waals surface area contributed by atoms with Crippen molar-refractivity contribution in [2.24, 2.45) is 0 Å². The molecular formula is C26H30N2O2. The molecule has 2 N–H and O–H groups in total. The van der Waals surface area contributed by atoms with Crippen molar-refractivity contribution in [2.75, 3.05) is 10.6 Å². The number of aryl methyl sites for hydroxylation is 1. The molecule has 3 rings (SSSR count).